The number of hydrogen-bond donors (Lipinski definition) is 2. The fourth-order valence-electron chi connectivity index (χ4n) is 2.42. The number of nitrogens with two attached hydrogens (primary N) is 1. The first kappa shape index (κ1) is 14.2. The van der Waals surface area contributed by atoms with Crippen LogP contribution in [0.1, 0.15) is 23.2 Å². The van der Waals surface area contributed by atoms with Crippen LogP contribution in [0.4, 0.5) is 5.69 Å². The average Bonchev–Trinajstić information content (AvgIpc) is 2.46. The molecule has 1 aliphatic heterocycles. The summed E-state index contributed by atoms with van der Waals surface area (Å²) in [7, 11) is 1.47. The average molecular weight is 278 g/mol. The lowest BCUT2D eigenvalue weighted by Gasteiger charge is -2.31. The molecule has 0 bridgehead atoms. The summed E-state index contributed by atoms with van der Waals surface area (Å²) in [6, 6.07) is 4.83. The maximum atomic E-state index is 12.5. The van der Waals surface area contributed by atoms with Crippen LogP contribution in [0.15, 0.2) is 18.2 Å². The van der Waals surface area contributed by atoms with E-state index in [0.717, 1.165) is 0 Å². The molecule has 1 fully saturated rings. The first-order valence-corrected chi connectivity index (χ1v) is 6.48. The molecule has 0 aliphatic carbocycles. The second-order valence-corrected chi connectivity index (χ2v) is 4.89. The minimum absolute atomic E-state index is 0.215. The molecule has 0 spiro atoms. The number of carboxylic acid groups (broad SMARTS) is 1. The van der Waals surface area contributed by atoms with E-state index >= 15 is 0 Å². The van der Waals surface area contributed by atoms with Gasteiger partial charge in [0.05, 0.1) is 18.6 Å². The summed E-state index contributed by atoms with van der Waals surface area (Å²) < 4.78 is 5.17. The van der Waals surface area contributed by atoms with Gasteiger partial charge in [-0.05, 0) is 25.0 Å². The number of aliphatic carboxylic acids is 1. The second-order valence-electron chi connectivity index (χ2n) is 4.89. The van der Waals surface area contributed by atoms with E-state index in [-0.39, 0.29) is 12.5 Å². The number of benzene rings is 1. The first-order chi connectivity index (χ1) is 9.52. The third kappa shape index (κ3) is 2.84. The number of nitrogen functional groups attached to an aromatic ring is 1. The van der Waals surface area contributed by atoms with Crippen molar-refractivity contribution in [1.82, 2.24) is 4.90 Å². The van der Waals surface area contributed by atoms with E-state index < -0.39 is 11.9 Å². The summed E-state index contributed by atoms with van der Waals surface area (Å²) in [5.74, 6) is -1.15. The molecular formula is C14H18N2O4. The van der Waals surface area contributed by atoms with Crippen LogP contribution in [0.3, 0.4) is 0 Å². The number of hydrogen-bond acceptors (Lipinski definition) is 4. The van der Waals surface area contributed by atoms with E-state index in [4.69, 9.17) is 15.6 Å². The zero-order valence-electron chi connectivity index (χ0n) is 11.3. The Morgan fingerprint density at radius 2 is 2.20 bits per heavy atom. The molecule has 20 heavy (non-hydrogen) atoms. The molecule has 1 aliphatic rings. The molecule has 1 atom stereocenters. The van der Waals surface area contributed by atoms with Gasteiger partial charge in [-0.2, -0.15) is 0 Å². The number of anilines is 1. The normalized spacial score (nSPS) is 18.6. The van der Waals surface area contributed by atoms with E-state index in [0.29, 0.717) is 36.4 Å². The molecule has 2 rings (SSSR count). The minimum atomic E-state index is -0.855. The summed E-state index contributed by atoms with van der Waals surface area (Å²) in [5.41, 5.74) is 6.59. The molecule has 1 aromatic carbocycles. The zero-order chi connectivity index (χ0) is 14.7. The van der Waals surface area contributed by atoms with Crippen LogP contribution in [-0.2, 0) is 4.79 Å². The van der Waals surface area contributed by atoms with Crippen LogP contribution in [0.2, 0.25) is 0 Å². The number of carbonyl (C=O) groups is 2. The van der Waals surface area contributed by atoms with Gasteiger partial charge in [-0.1, -0.05) is 0 Å². The van der Waals surface area contributed by atoms with Crippen molar-refractivity contribution in [2.45, 2.75) is 12.8 Å². The lowest BCUT2D eigenvalue weighted by molar-refractivity contribution is -0.143. The second kappa shape index (κ2) is 5.81. The highest BCUT2D eigenvalue weighted by Gasteiger charge is 2.29. The maximum Gasteiger partial charge on any atom is 0.308 e. The maximum absolute atomic E-state index is 12.5. The molecule has 1 heterocycles. The number of rotatable bonds is 3. The number of carboxylic acids is 1. The molecule has 0 radical (unpaired) electrons. The molecule has 1 amide bonds. The molecule has 0 saturated carbocycles. The van der Waals surface area contributed by atoms with Crippen LogP contribution >= 0.6 is 0 Å². The molecule has 3 N–H and O–H groups in total. The summed E-state index contributed by atoms with van der Waals surface area (Å²) in [5, 5.41) is 9.07. The Morgan fingerprint density at radius 3 is 2.85 bits per heavy atom. The summed E-state index contributed by atoms with van der Waals surface area (Å²) in [4.78, 5) is 25.1. The van der Waals surface area contributed by atoms with Crippen LogP contribution < -0.4 is 10.5 Å². The topological polar surface area (TPSA) is 92.9 Å². The number of methoxy groups -OCH3 is 1. The van der Waals surface area contributed by atoms with Crippen molar-refractivity contribution in [1.29, 1.82) is 0 Å². The number of nitrogens with zero attached hydrogens (tertiary/aromatic N) is 1. The van der Waals surface area contributed by atoms with E-state index in [9.17, 15) is 9.59 Å². The van der Waals surface area contributed by atoms with Crippen molar-refractivity contribution in [2.24, 2.45) is 5.92 Å². The van der Waals surface area contributed by atoms with Crippen LogP contribution in [0, 0.1) is 5.92 Å². The Bertz CT molecular complexity index is 530. The summed E-state index contributed by atoms with van der Waals surface area (Å²) >= 11 is 0. The Labute approximate surface area is 117 Å². The van der Waals surface area contributed by atoms with Gasteiger partial charge >= 0.3 is 5.97 Å². The van der Waals surface area contributed by atoms with E-state index in [1.165, 1.54) is 7.11 Å². The summed E-state index contributed by atoms with van der Waals surface area (Å²) in [6.45, 7) is 0.803. The third-order valence-corrected chi connectivity index (χ3v) is 3.51. The Morgan fingerprint density at radius 1 is 1.45 bits per heavy atom. The fourth-order valence-corrected chi connectivity index (χ4v) is 2.42. The van der Waals surface area contributed by atoms with Crippen molar-refractivity contribution >= 4 is 17.6 Å². The number of ether oxygens (including phenoxy) is 1. The van der Waals surface area contributed by atoms with Gasteiger partial charge in [-0.15, -0.1) is 0 Å². The minimum Gasteiger partial charge on any atom is -0.496 e. The van der Waals surface area contributed by atoms with Crippen molar-refractivity contribution in [3.8, 4) is 5.75 Å². The zero-order valence-corrected chi connectivity index (χ0v) is 11.3. The molecular weight excluding hydrogens is 260 g/mol. The van der Waals surface area contributed by atoms with Crippen molar-refractivity contribution in [3.63, 3.8) is 0 Å². The Balaban J connectivity index is 2.20. The first-order valence-electron chi connectivity index (χ1n) is 6.48. The Kier molecular flexibility index (Phi) is 4.12. The monoisotopic (exact) mass is 278 g/mol. The highest BCUT2D eigenvalue weighted by Crippen LogP contribution is 2.25. The van der Waals surface area contributed by atoms with Gasteiger partial charge in [0.15, 0.2) is 0 Å². The van der Waals surface area contributed by atoms with Crippen molar-refractivity contribution < 1.29 is 19.4 Å². The van der Waals surface area contributed by atoms with Crippen LogP contribution in [0.25, 0.3) is 0 Å². The van der Waals surface area contributed by atoms with Gasteiger partial charge < -0.3 is 20.5 Å². The van der Waals surface area contributed by atoms with Gasteiger partial charge in [0.25, 0.3) is 5.91 Å². The highest BCUT2D eigenvalue weighted by atomic mass is 16.5. The number of carbonyl (C=O) groups excluding carboxylic acids is 1. The lowest BCUT2D eigenvalue weighted by Crippen LogP contribution is -2.42. The highest BCUT2D eigenvalue weighted by molar-refractivity contribution is 5.97. The smallest absolute Gasteiger partial charge is 0.308 e. The third-order valence-electron chi connectivity index (χ3n) is 3.51. The van der Waals surface area contributed by atoms with Gasteiger partial charge in [-0.25, -0.2) is 0 Å². The van der Waals surface area contributed by atoms with Crippen LogP contribution in [-0.4, -0.2) is 42.1 Å². The quantitative estimate of drug-likeness (QED) is 0.811. The lowest BCUT2D eigenvalue weighted by atomic mass is 9.97. The molecule has 108 valence electrons. The fraction of sp³-hybridized carbons (Fsp3) is 0.429. The predicted octanol–water partition coefficient (Wildman–Crippen LogP) is 1.21. The van der Waals surface area contributed by atoms with Gasteiger partial charge in [0, 0.05) is 24.8 Å². The van der Waals surface area contributed by atoms with Crippen LogP contribution in [0.5, 0.6) is 5.75 Å². The van der Waals surface area contributed by atoms with Crippen molar-refractivity contribution in [2.75, 3.05) is 25.9 Å². The van der Waals surface area contributed by atoms with Gasteiger partial charge in [0.2, 0.25) is 0 Å². The number of piperidine rings is 1. The van der Waals surface area contributed by atoms with E-state index in [1.807, 2.05) is 0 Å². The number of amides is 1. The largest absolute Gasteiger partial charge is 0.496 e. The molecule has 1 aromatic rings. The summed E-state index contributed by atoms with van der Waals surface area (Å²) in [6.07, 6.45) is 1.30. The molecule has 0 aromatic heterocycles. The van der Waals surface area contributed by atoms with Gasteiger partial charge in [-0.3, -0.25) is 9.59 Å². The van der Waals surface area contributed by atoms with E-state index in [2.05, 4.69) is 0 Å². The molecule has 6 heteroatoms. The molecule has 1 saturated heterocycles. The van der Waals surface area contributed by atoms with Crippen molar-refractivity contribution in [3.05, 3.63) is 23.8 Å². The number of likely N-dealkylation sites (tertiary alicyclic amines) is 1. The Hall–Kier alpha value is -2.24. The predicted molar refractivity (Wildman–Crippen MR) is 73.7 cm³/mol. The molecule has 0 unspecified atom stereocenters. The van der Waals surface area contributed by atoms with E-state index in [1.54, 1.807) is 23.1 Å². The van der Waals surface area contributed by atoms with Gasteiger partial charge in [0.1, 0.15) is 5.75 Å². The SMILES string of the molecule is COc1cc(N)ccc1C(=O)N1CCC[C@@H](C(=O)O)C1. The standard InChI is InChI=1S/C14H18N2O4/c1-20-12-7-10(15)4-5-11(12)13(17)16-6-2-3-9(8-16)14(18)19/h4-5,7,9H,2-3,6,8,15H2,1H3,(H,18,19)/t9-/m1/s1. The molecule has 6 nitrogen and oxygen atoms in total.